The largest absolute Gasteiger partial charge is 0.378 e. The van der Waals surface area contributed by atoms with Gasteiger partial charge in [0.05, 0.1) is 12.6 Å². The van der Waals surface area contributed by atoms with Crippen molar-refractivity contribution in [2.45, 2.75) is 11.6 Å². The maximum Gasteiger partial charge on any atom is 0.315 e. The van der Waals surface area contributed by atoms with Crippen molar-refractivity contribution in [1.29, 1.82) is 0 Å². The van der Waals surface area contributed by atoms with Crippen molar-refractivity contribution < 1.29 is 9.90 Å². The summed E-state index contributed by atoms with van der Waals surface area (Å²) < 4.78 is 0. The number of carbonyl (C=O) groups excluding carboxylic acids is 1. The summed E-state index contributed by atoms with van der Waals surface area (Å²) >= 11 is 2.99. The van der Waals surface area contributed by atoms with E-state index >= 15 is 0 Å². The summed E-state index contributed by atoms with van der Waals surface area (Å²) in [7, 11) is 0. The summed E-state index contributed by atoms with van der Waals surface area (Å²) in [6, 6.07) is 24.7. The summed E-state index contributed by atoms with van der Waals surface area (Å²) in [5.41, 5.74) is 1.49. The molecule has 0 aliphatic heterocycles. The molecular formula is C24H22N2O2S2. The van der Waals surface area contributed by atoms with Crippen LogP contribution in [0.4, 0.5) is 4.79 Å². The van der Waals surface area contributed by atoms with Crippen LogP contribution < -0.4 is 10.6 Å². The van der Waals surface area contributed by atoms with Crippen LogP contribution in [0.25, 0.3) is 0 Å². The predicted octanol–water partition coefficient (Wildman–Crippen LogP) is 5.13. The fraction of sp³-hybridized carbons (Fsp3) is 0.125. The molecule has 30 heavy (non-hydrogen) atoms. The van der Waals surface area contributed by atoms with E-state index in [1.54, 1.807) is 0 Å². The molecule has 4 rings (SSSR count). The van der Waals surface area contributed by atoms with E-state index in [1.807, 2.05) is 95.0 Å². The second kappa shape index (κ2) is 9.26. The highest BCUT2D eigenvalue weighted by atomic mass is 32.1. The van der Waals surface area contributed by atoms with Crippen LogP contribution in [0.2, 0.25) is 0 Å². The molecule has 2 amide bonds. The Bertz CT molecular complexity index is 976. The van der Waals surface area contributed by atoms with Crippen LogP contribution in [0.5, 0.6) is 0 Å². The third-order valence-electron chi connectivity index (χ3n) is 4.97. The molecule has 152 valence electrons. The van der Waals surface area contributed by atoms with E-state index in [2.05, 4.69) is 10.6 Å². The van der Waals surface area contributed by atoms with E-state index in [4.69, 9.17) is 0 Å². The molecule has 0 spiro atoms. The molecule has 6 heteroatoms. The summed E-state index contributed by atoms with van der Waals surface area (Å²) in [5, 5.41) is 23.1. The van der Waals surface area contributed by atoms with Crippen LogP contribution in [0.15, 0.2) is 95.0 Å². The highest BCUT2D eigenvalue weighted by molar-refractivity contribution is 7.10. The molecule has 2 aromatic heterocycles. The number of urea groups is 1. The lowest BCUT2D eigenvalue weighted by Crippen LogP contribution is -2.46. The minimum atomic E-state index is -1.26. The topological polar surface area (TPSA) is 61.4 Å². The maximum atomic E-state index is 12.9. The molecule has 4 aromatic rings. The minimum Gasteiger partial charge on any atom is -0.378 e. The van der Waals surface area contributed by atoms with Crippen LogP contribution >= 0.6 is 22.7 Å². The SMILES string of the molecule is O=C(NCC(O)(c1ccsc1)c1cccs1)NC(c1ccccc1)c1ccccc1. The van der Waals surface area contributed by atoms with Gasteiger partial charge < -0.3 is 15.7 Å². The summed E-state index contributed by atoms with van der Waals surface area (Å²) in [5.74, 6) is 0. The number of benzene rings is 2. The van der Waals surface area contributed by atoms with Crippen molar-refractivity contribution in [3.63, 3.8) is 0 Å². The van der Waals surface area contributed by atoms with Gasteiger partial charge in [-0.05, 0) is 39.4 Å². The van der Waals surface area contributed by atoms with Crippen LogP contribution in [-0.2, 0) is 5.60 Å². The van der Waals surface area contributed by atoms with Gasteiger partial charge in [-0.3, -0.25) is 0 Å². The van der Waals surface area contributed by atoms with Gasteiger partial charge in [-0.25, -0.2) is 4.79 Å². The maximum absolute atomic E-state index is 12.9. The van der Waals surface area contributed by atoms with Gasteiger partial charge in [0.1, 0.15) is 5.60 Å². The Morgan fingerprint density at radius 3 is 2.10 bits per heavy atom. The monoisotopic (exact) mass is 434 g/mol. The second-order valence-corrected chi connectivity index (χ2v) is 8.66. The van der Waals surface area contributed by atoms with Crippen molar-refractivity contribution >= 4 is 28.7 Å². The Balaban J connectivity index is 1.52. The lowest BCUT2D eigenvalue weighted by molar-refractivity contribution is 0.0862. The standard InChI is InChI=1S/C24H22N2O2S2/c27-23(25-17-24(28,20-13-15-29-16-20)21-12-7-14-30-21)26-22(18-8-3-1-4-9-18)19-10-5-2-6-11-19/h1-16,22,28H,17H2,(H2,25,26,27). The van der Waals surface area contributed by atoms with E-state index in [0.29, 0.717) is 0 Å². The summed E-state index contributed by atoms with van der Waals surface area (Å²) in [4.78, 5) is 13.7. The second-order valence-electron chi connectivity index (χ2n) is 6.93. The van der Waals surface area contributed by atoms with Crippen LogP contribution in [-0.4, -0.2) is 17.7 Å². The lowest BCUT2D eigenvalue weighted by atomic mass is 9.94. The number of amides is 2. The van der Waals surface area contributed by atoms with E-state index in [0.717, 1.165) is 21.6 Å². The zero-order valence-electron chi connectivity index (χ0n) is 16.2. The summed E-state index contributed by atoms with van der Waals surface area (Å²) in [6.07, 6.45) is 0. The Kier molecular flexibility index (Phi) is 6.28. The van der Waals surface area contributed by atoms with Crippen LogP contribution in [0.1, 0.15) is 27.6 Å². The number of rotatable bonds is 7. The van der Waals surface area contributed by atoms with Crippen molar-refractivity contribution in [3.8, 4) is 0 Å². The molecule has 2 aromatic carbocycles. The molecule has 1 unspecified atom stereocenters. The van der Waals surface area contributed by atoms with E-state index in [1.165, 1.54) is 22.7 Å². The van der Waals surface area contributed by atoms with Crippen LogP contribution in [0.3, 0.4) is 0 Å². The zero-order valence-corrected chi connectivity index (χ0v) is 17.8. The number of hydrogen-bond acceptors (Lipinski definition) is 4. The molecule has 1 atom stereocenters. The van der Waals surface area contributed by atoms with Gasteiger partial charge in [0.25, 0.3) is 0 Å². The molecule has 0 saturated carbocycles. The first-order valence-electron chi connectivity index (χ1n) is 9.60. The van der Waals surface area contributed by atoms with Gasteiger partial charge >= 0.3 is 6.03 Å². The number of hydrogen-bond donors (Lipinski definition) is 3. The van der Waals surface area contributed by atoms with Crippen molar-refractivity contribution in [1.82, 2.24) is 10.6 Å². The molecule has 2 heterocycles. The molecule has 0 aliphatic rings. The molecule has 0 bridgehead atoms. The Morgan fingerprint density at radius 1 is 0.900 bits per heavy atom. The average molecular weight is 435 g/mol. The number of nitrogens with one attached hydrogen (secondary N) is 2. The Hall–Kier alpha value is -2.93. The van der Waals surface area contributed by atoms with E-state index < -0.39 is 5.60 Å². The molecule has 4 nitrogen and oxygen atoms in total. The van der Waals surface area contributed by atoms with Crippen molar-refractivity contribution in [2.75, 3.05) is 6.54 Å². The average Bonchev–Trinajstić information content (AvgIpc) is 3.52. The van der Waals surface area contributed by atoms with Gasteiger partial charge in [0.2, 0.25) is 0 Å². The molecule has 0 radical (unpaired) electrons. The highest BCUT2D eigenvalue weighted by Gasteiger charge is 2.34. The third kappa shape index (κ3) is 4.46. The van der Waals surface area contributed by atoms with Crippen LogP contribution in [0, 0.1) is 0 Å². The van der Waals surface area contributed by atoms with Gasteiger partial charge in [-0.2, -0.15) is 11.3 Å². The van der Waals surface area contributed by atoms with Gasteiger partial charge in [0, 0.05) is 10.4 Å². The van der Waals surface area contributed by atoms with E-state index in [9.17, 15) is 9.90 Å². The number of carbonyl (C=O) groups is 1. The fourth-order valence-electron chi connectivity index (χ4n) is 3.39. The first-order chi connectivity index (χ1) is 14.7. The molecule has 0 fully saturated rings. The quantitative estimate of drug-likeness (QED) is 0.377. The Labute approximate surface area is 183 Å². The smallest absolute Gasteiger partial charge is 0.315 e. The van der Waals surface area contributed by atoms with Gasteiger partial charge in [0.15, 0.2) is 0 Å². The number of thiophene rings is 2. The zero-order chi connectivity index (χ0) is 20.8. The third-order valence-corrected chi connectivity index (χ3v) is 6.68. The highest BCUT2D eigenvalue weighted by Crippen LogP contribution is 2.33. The molecular weight excluding hydrogens is 412 g/mol. The lowest BCUT2D eigenvalue weighted by Gasteiger charge is -2.28. The molecule has 0 saturated heterocycles. The van der Waals surface area contributed by atoms with Gasteiger partial charge in [-0.15, -0.1) is 11.3 Å². The van der Waals surface area contributed by atoms with Crippen molar-refractivity contribution in [3.05, 3.63) is 117 Å². The normalized spacial score (nSPS) is 13.0. The van der Waals surface area contributed by atoms with Crippen molar-refractivity contribution in [2.24, 2.45) is 0 Å². The van der Waals surface area contributed by atoms with Gasteiger partial charge in [-0.1, -0.05) is 66.7 Å². The first kappa shape index (κ1) is 20.3. The predicted molar refractivity (Wildman–Crippen MR) is 123 cm³/mol. The summed E-state index contributed by atoms with van der Waals surface area (Å²) in [6.45, 7) is 0.0758. The molecule has 3 N–H and O–H groups in total. The Morgan fingerprint density at radius 2 is 1.57 bits per heavy atom. The first-order valence-corrected chi connectivity index (χ1v) is 11.4. The fourth-order valence-corrected chi connectivity index (χ4v) is 4.96. The minimum absolute atomic E-state index is 0.0758. The van der Waals surface area contributed by atoms with E-state index in [-0.39, 0.29) is 18.6 Å². The molecule has 0 aliphatic carbocycles. The number of aliphatic hydroxyl groups is 1.